The number of allylic oxidation sites excluding steroid dienone is 1. The molecule has 1 atom stereocenters. The minimum absolute atomic E-state index is 0.0487. The van der Waals surface area contributed by atoms with E-state index in [0.29, 0.717) is 5.56 Å². The number of rotatable bonds is 3. The molecular formula is C29H29NO3. The molecule has 0 saturated carbocycles. The summed E-state index contributed by atoms with van der Waals surface area (Å²) in [6, 6.07) is 16.2. The molecule has 3 aromatic carbocycles. The number of carbonyl (C=O) groups is 1. The van der Waals surface area contributed by atoms with Gasteiger partial charge >= 0.3 is 0 Å². The maximum atomic E-state index is 12.2. The Morgan fingerprint density at radius 1 is 1.06 bits per heavy atom. The second-order valence-electron chi connectivity index (χ2n) is 9.64. The van der Waals surface area contributed by atoms with Gasteiger partial charge in [-0.3, -0.25) is 4.79 Å². The van der Waals surface area contributed by atoms with Gasteiger partial charge in [0.1, 0.15) is 11.5 Å². The van der Waals surface area contributed by atoms with Gasteiger partial charge in [-0.2, -0.15) is 0 Å². The zero-order valence-corrected chi connectivity index (χ0v) is 20.0. The van der Waals surface area contributed by atoms with E-state index in [2.05, 4.69) is 50.4 Å². The maximum Gasteiger partial charge on any atom is 0.159 e. The molecule has 0 aliphatic carbocycles. The second kappa shape index (κ2) is 7.51. The van der Waals surface area contributed by atoms with Gasteiger partial charge < -0.3 is 14.8 Å². The van der Waals surface area contributed by atoms with Crippen LogP contribution in [-0.2, 0) is 0 Å². The van der Waals surface area contributed by atoms with E-state index in [9.17, 15) is 4.79 Å². The molecule has 33 heavy (non-hydrogen) atoms. The zero-order valence-electron chi connectivity index (χ0n) is 20.0. The minimum atomic E-state index is -0.348. The van der Waals surface area contributed by atoms with Gasteiger partial charge in [0.25, 0.3) is 0 Å². The van der Waals surface area contributed by atoms with Crippen molar-refractivity contribution in [2.75, 3.05) is 12.4 Å². The largest absolute Gasteiger partial charge is 0.496 e. The van der Waals surface area contributed by atoms with Crippen molar-refractivity contribution in [2.24, 2.45) is 0 Å². The number of methoxy groups -OCH3 is 1. The predicted molar refractivity (Wildman–Crippen MR) is 133 cm³/mol. The third kappa shape index (κ3) is 3.50. The van der Waals surface area contributed by atoms with Gasteiger partial charge in [-0.15, -0.1) is 0 Å². The average molecular weight is 440 g/mol. The van der Waals surface area contributed by atoms with Crippen LogP contribution in [0.4, 0.5) is 5.69 Å². The van der Waals surface area contributed by atoms with Gasteiger partial charge in [0.2, 0.25) is 0 Å². The summed E-state index contributed by atoms with van der Waals surface area (Å²) in [5, 5.41) is 3.67. The van der Waals surface area contributed by atoms with E-state index in [-0.39, 0.29) is 17.4 Å². The highest BCUT2D eigenvalue weighted by atomic mass is 16.5. The van der Waals surface area contributed by atoms with Crippen molar-refractivity contribution < 1.29 is 14.3 Å². The summed E-state index contributed by atoms with van der Waals surface area (Å²) in [4.78, 5) is 12.2. The molecular weight excluding hydrogens is 410 g/mol. The number of hydrogen-bond acceptors (Lipinski definition) is 4. The Morgan fingerprint density at radius 3 is 2.58 bits per heavy atom. The number of aryl methyl sites for hydroxylation is 1. The number of benzene rings is 3. The molecule has 0 amide bonds. The fourth-order valence-electron chi connectivity index (χ4n) is 5.27. The number of anilines is 1. The Bertz CT molecular complexity index is 1330. The van der Waals surface area contributed by atoms with E-state index in [1.165, 1.54) is 5.57 Å². The van der Waals surface area contributed by atoms with Crippen molar-refractivity contribution >= 4 is 17.0 Å². The molecule has 2 aliphatic heterocycles. The third-order valence-electron chi connectivity index (χ3n) is 6.47. The van der Waals surface area contributed by atoms with Crippen LogP contribution in [0.1, 0.15) is 66.4 Å². The quantitative estimate of drug-likeness (QED) is 0.448. The van der Waals surface area contributed by atoms with E-state index in [4.69, 9.17) is 9.47 Å². The van der Waals surface area contributed by atoms with Crippen molar-refractivity contribution in [1.82, 2.24) is 0 Å². The van der Waals surface area contributed by atoms with E-state index in [1.807, 2.05) is 37.3 Å². The van der Waals surface area contributed by atoms with Crippen LogP contribution >= 0.6 is 0 Å². The maximum absolute atomic E-state index is 12.2. The number of nitrogens with one attached hydrogen (secondary N) is 1. The van der Waals surface area contributed by atoms with Gasteiger partial charge in [0.15, 0.2) is 11.9 Å². The van der Waals surface area contributed by atoms with E-state index in [0.717, 1.165) is 50.6 Å². The minimum Gasteiger partial charge on any atom is -0.496 e. The normalized spacial score (nSPS) is 17.5. The third-order valence-corrected chi connectivity index (χ3v) is 6.47. The number of ketones is 1. The predicted octanol–water partition coefficient (Wildman–Crippen LogP) is 6.96. The molecule has 0 aromatic heterocycles. The molecule has 2 aliphatic rings. The summed E-state index contributed by atoms with van der Waals surface area (Å²) >= 11 is 0. The lowest BCUT2D eigenvalue weighted by Crippen LogP contribution is -2.32. The molecule has 1 unspecified atom stereocenters. The lowest BCUT2D eigenvalue weighted by atomic mass is 9.80. The van der Waals surface area contributed by atoms with Gasteiger partial charge in [-0.05, 0) is 87.2 Å². The lowest BCUT2D eigenvalue weighted by Gasteiger charge is -2.37. The van der Waals surface area contributed by atoms with Crippen LogP contribution in [-0.4, -0.2) is 18.4 Å². The fraction of sp³-hybridized carbons (Fsp3) is 0.276. The van der Waals surface area contributed by atoms with E-state index in [1.54, 1.807) is 14.0 Å². The first kappa shape index (κ1) is 21.3. The van der Waals surface area contributed by atoms with Gasteiger partial charge in [-0.1, -0.05) is 24.3 Å². The first-order valence-corrected chi connectivity index (χ1v) is 11.3. The van der Waals surface area contributed by atoms with Gasteiger partial charge in [0, 0.05) is 22.4 Å². The standard InChI is InChI=1S/C29H29NO3/c1-16-12-19(18(3)31)14-20(13-16)28-27-21(26-23(32-6)8-7-9-24(26)33-28)10-11-22-25(27)17(2)15-29(4,5)30-22/h7-15,28,30H,1-6H3. The highest BCUT2D eigenvalue weighted by Crippen LogP contribution is 2.53. The second-order valence-corrected chi connectivity index (χ2v) is 9.64. The van der Waals surface area contributed by atoms with Crippen LogP contribution in [0.15, 0.2) is 54.6 Å². The smallest absolute Gasteiger partial charge is 0.159 e. The molecule has 0 fully saturated rings. The Morgan fingerprint density at radius 2 is 1.85 bits per heavy atom. The van der Waals surface area contributed by atoms with Gasteiger partial charge in [-0.25, -0.2) is 0 Å². The zero-order chi connectivity index (χ0) is 23.5. The molecule has 168 valence electrons. The molecule has 1 N–H and O–H groups in total. The topological polar surface area (TPSA) is 47.6 Å². The van der Waals surface area contributed by atoms with Crippen molar-refractivity contribution in [3.63, 3.8) is 0 Å². The van der Waals surface area contributed by atoms with Crippen LogP contribution < -0.4 is 14.8 Å². The molecule has 4 heteroatoms. The van der Waals surface area contributed by atoms with E-state index < -0.39 is 0 Å². The molecule has 3 aromatic rings. The number of fused-ring (bicyclic) bond motifs is 5. The molecule has 0 bridgehead atoms. The number of hydrogen-bond donors (Lipinski definition) is 1. The van der Waals surface area contributed by atoms with Crippen LogP contribution in [0, 0.1) is 6.92 Å². The van der Waals surface area contributed by atoms with Gasteiger partial charge in [0.05, 0.1) is 18.2 Å². The molecule has 0 spiro atoms. The summed E-state index contributed by atoms with van der Waals surface area (Å²) in [6.07, 6.45) is 1.92. The summed E-state index contributed by atoms with van der Waals surface area (Å²) in [6.45, 7) is 10.1. The Hall–Kier alpha value is -3.53. The Labute approximate surface area is 195 Å². The molecule has 5 rings (SSSR count). The number of ether oxygens (including phenoxy) is 2. The van der Waals surface area contributed by atoms with Crippen LogP contribution in [0.25, 0.3) is 16.7 Å². The average Bonchev–Trinajstić information content (AvgIpc) is 2.76. The number of carbonyl (C=O) groups excluding carboxylic acids is 1. The van der Waals surface area contributed by atoms with Crippen LogP contribution in [0.5, 0.6) is 11.5 Å². The van der Waals surface area contributed by atoms with Crippen molar-refractivity contribution in [3.8, 4) is 22.6 Å². The molecule has 0 radical (unpaired) electrons. The summed E-state index contributed by atoms with van der Waals surface area (Å²) in [7, 11) is 1.69. The molecule has 4 nitrogen and oxygen atoms in total. The monoisotopic (exact) mass is 439 g/mol. The van der Waals surface area contributed by atoms with E-state index >= 15 is 0 Å². The van der Waals surface area contributed by atoms with Crippen LogP contribution in [0.2, 0.25) is 0 Å². The lowest BCUT2D eigenvalue weighted by molar-refractivity contribution is 0.101. The SMILES string of the molecule is COc1cccc2c1-c1ccc3c(c1C(c1cc(C)cc(C(C)=O)c1)O2)C(C)=CC(C)(C)N3. The Kier molecular flexibility index (Phi) is 4.86. The molecule has 2 heterocycles. The summed E-state index contributed by atoms with van der Waals surface area (Å²) < 4.78 is 12.4. The first-order chi connectivity index (χ1) is 15.7. The highest BCUT2D eigenvalue weighted by Gasteiger charge is 2.36. The van der Waals surface area contributed by atoms with Crippen LogP contribution in [0.3, 0.4) is 0 Å². The van der Waals surface area contributed by atoms with Crippen molar-refractivity contribution in [2.45, 2.75) is 46.3 Å². The summed E-state index contributed by atoms with van der Waals surface area (Å²) in [5.41, 5.74) is 9.17. The first-order valence-electron chi connectivity index (χ1n) is 11.3. The highest BCUT2D eigenvalue weighted by molar-refractivity contribution is 5.95. The molecule has 0 saturated heterocycles. The Balaban J connectivity index is 1.83. The fourth-order valence-corrected chi connectivity index (χ4v) is 5.27. The summed E-state index contributed by atoms with van der Waals surface area (Å²) in [5.74, 6) is 1.61. The van der Waals surface area contributed by atoms with Crippen molar-refractivity contribution in [3.05, 3.63) is 82.4 Å². The number of Topliss-reactive ketones (excluding diaryl/α,β-unsaturated/α-hetero) is 1. The van der Waals surface area contributed by atoms with Crippen molar-refractivity contribution in [1.29, 1.82) is 0 Å².